The third kappa shape index (κ3) is 5.06. The molecule has 1 atom stereocenters. The lowest BCUT2D eigenvalue weighted by Crippen LogP contribution is -3.13. The van der Waals surface area contributed by atoms with E-state index in [9.17, 15) is 4.79 Å². The van der Waals surface area contributed by atoms with Gasteiger partial charge in [0.15, 0.2) is 0 Å². The van der Waals surface area contributed by atoms with E-state index >= 15 is 0 Å². The molecule has 1 saturated heterocycles. The van der Waals surface area contributed by atoms with Crippen LogP contribution in [-0.4, -0.2) is 32.7 Å². The molecule has 1 fully saturated rings. The van der Waals surface area contributed by atoms with Crippen molar-refractivity contribution in [2.75, 3.05) is 26.7 Å². The van der Waals surface area contributed by atoms with Gasteiger partial charge < -0.3 is 15.0 Å². The van der Waals surface area contributed by atoms with Crippen LogP contribution in [0.15, 0.2) is 41.8 Å². The summed E-state index contributed by atoms with van der Waals surface area (Å²) >= 11 is 1.63. The Labute approximate surface area is 153 Å². The zero-order chi connectivity index (χ0) is 17.5. The number of carbonyl (C=O) groups is 1. The number of piperidine rings is 1. The molecule has 2 N–H and O–H groups in total. The van der Waals surface area contributed by atoms with Crippen molar-refractivity contribution in [2.45, 2.75) is 31.7 Å². The van der Waals surface area contributed by atoms with Crippen LogP contribution in [0.3, 0.4) is 0 Å². The van der Waals surface area contributed by atoms with Gasteiger partial charge in [-0.3, -0.25) is 4.79 Å². The van der Waals surface area contributed by atoms with E-state index in [2.05, 4.69) is 17.4 Å². The number of amides is 1. The molecular formula is C20H27N2O2S+. The summed E-state index contributed by atoms with van der Waals surface area (Å²) in [4.78, 5) is 15.0. The average Bonchev–Trinajstić information content (AvgIpc) is 3.16. The molecule has 3 rings (SSSR count). The first-order valence-electron chi connectivity index (χ1n) is 9.04. The van der Waals surface area contributed by atoms with Gasteiger partial charge in [0.05, 0.1) is 33.2 Å². The van der Waals surface area contributed by atoms with Crippen LogP contribution < -0.4 is 15.0 Å². The SMILES string of the molecule is COc1ccc([C@@H](CNC(=O)Cc2cccs2)[NH+]2CCCCC2)cc1. The van der Waals surface area contributed by atoms with Crippen LogP contribution in [0, 0.1) is 0 Å². The number of quaternary nitrogens is 1. The van der Waals surface area contributed by atoms with Gasteiger partial charge in [0.1, 0.15) is 11.8 Å². The molecule has 0 bridgehead atoms. The van der Waals surface area contributed by atoms with E-state index in [1.54, 1.807) is 23.3 Å². The second-order valence-electron chi connectivity index (χ2n) is 6.60. The van der Waals surface area contributed by atoms with E-state index in [4.69, 9.17) is 4.74 Å². The summed E-state index contributed by atoms with van der Waals surface area (Å²) in [7, 11) is 1.69. The Morgan fingerprint density at radius 2 is 1.96 bits per heavy atom. The van der Waals surface area contributed by atoms with Gasteiger partial charge in [0, 0.05) is 10.4 Å². The predicted molar refractivity (Wildman–Crippen MR) is 101 cm³/mol. The lowest BCUT2D eigenvalue weighted by Gasteiger charge is -2.32. The second-order valence-corrected chi connectivity index (χ2v) is 7.64. The molecule has 2 aromatic rings. The Morgan fingerprint density at radius 3 is 2.60 bits per heavy atom. The molecule has 1 amide bonds. The maximum Gasteiger partial charge on any atom is 0.225 e. The van der Waals surface area contributed by atoms with Crippen LogP contribution in [0.4, 0.5) is 0 Å². The fourth-order valence-corrected chi connectivity index (χ4v) is 4.24. The van der Waals surface area contributed by atoms with Crippen molar-refractivity contribution >= 4 is 17.2 Å². The highest BCUT2D eigenvalue weighted by Crippen LogP contribution is 2.17. The van der Waals surface area contributed by atoms with Crippen LogP contribution in [0.25, 0.3) is 0 Å². The van der Waals surface area contributed by atoms with Gasteiger partial charge in [0.25, 0.3) is 0 Å². The molecule has 1 aromatic heterocycles. The molecular weight excluding hydrogens is 332 g/mol. The molecule has 1 aliphatic heterocycles. The lowest BCUT2D eigenvalue weighted by molar-refractivity contribution is -0.935. The van der Waals surface area contributed by atoms with Crippen LogP contribution in [0.2, 0.25) is 0 Å². The Bertz CT molecular complexity index is 649. The third-order valence-corrected chi connectivity index (χ3v) is 5.80. The van der Waals surface area contributed by atoms with E-state index in [-0.39, 0.29) is 5.91 Å². The summed E-state index contributed by atoms with van der Waals surface area (Å²) in [5, 5.41) is 5.18. The molecule has 0 spiro atoms. The fraction of sp³-hybridized carbons (Fsp3) is 0.450. The summed E-state index contributed by atoms with van der Waals surface area (Å²) < 4.78 is 5.28. The Hall–Kier alpha value is -1.85. The molecule has 5 heteroatoms. The molecule has 25 heavy (non-hydrogen) atoms. The van der Waals surface area contributed by atoms with E-state index < -0.39 is 0 Å². The Balaban J connectivity index is 1.65. The average molecular weight is 360 g/mol. The third-order valence-electron chi connectivity index (χ3n) is 4.92. The van der Waals surface area contributed by atoms with Gasteiger partial charge in [-0.25, -0.2) is 0 Å². The van der Waals surface area contributed by atoms with E-state index in [0.29, 0.717) is 19.0 Å². The minimum absolute atomic E-state index is 0.109. The molecule has 0 radical (unpaired) electrons. The van der Waals surface area contributed by atoms with Gasteiger partial charge in [0.2, 0.25) is 5.91 Å². The van der Waals surface area contributed by atoms with Crippen molar-refractivity contribution in [1.29, 1.82) is 0 Å². The maximum atomic E-state index is 12.3. The molecule has 2 heterocycles. The van der Waals surface area contributed by atoms with Crippen molar-refractivity contribution in [3.8, 4) is 5.75 Å². The Morgan fingerprint density at radius 1 is 1.20 bits per heavy atom. The van der Waals surface area contributed by atoms with E-state index in [1.807, 2.05) is 29.6 Å². The van der Waals surface area contributed by atoms with Gasteiger partial charge in [-0.1, -0.05) is 6.07 Å². The minimum atomic E-state index is 0.109. The number of rotatable bonds is 7. The van der Waals surface area contributed by atoms with Crippen molar-refractivity contribution < 1.29 is 14.4 Å². The van der Waals surface area contributed by atoms with E-state index in [0.717, 1.165) is 10.6 Å². The maximum absolute atomic E-state index is 12.3. The zero-order valence-electron chi connectivity index (χ0n) is 14.8. The second kappa shape index (κ2) is 9.02. The summed E-state index contributed by atoms with van der Waals surface area (Å²) in [5.41, 5.74) is 1.27. The number of likely N-dealkylation sites (tertiary alicyclic amines) is 1. The van der Waals surface area contributed by atoms with Crippen LogP contribution in [-0.2, 0) is 11.2 Å². The smallest absolute Gasteiger partial charge is 0.225 e. The highest BCUT2D eigenvalue weighted by Gasteiger charge is 2.26. The lowest BCUT2D eigenvalue weighted by atomic mass is 10.0. The van der Waals surface area contributed by atoms with Crippen molar-refractivity contribution in [2.24, 2.45) is 0 Å². The van der Waals surface area contributed by atoms with Crippen LogP contribution >= 0.6 is 11.3 Å². The largest absolute Gasteiger partial charge is 0.497 e. The van der Waals surface area contributed by atoms with Crippen LogP contribution in [0.1, 0.15) is 35.7 Å². The first-order valence-corrected chi connectivity index (χ1v) is 9.92. The topological polar surface area (TPSA) is 42.8 Å². The molecule has 1 aliphatic rings. The first-order chi connectivity index (χ1) is 12.3. The number of ether oxygens (including phenoxy) is 1. The monoisotopic (exact) mass is 359 g/mol. The molecule has 0 saturated carbocycles. The zero-order valence-corrected chi connectivity index (χ0v) is 15.6. The van der Waals surface area contributed by atoms with Gasteiger partial charge in [-0.15, -0.1) is 11.3 Å². The quantitative estimate of drug-likeness (QED) is 0.796. The standard InChI is InChI=1S/C20H26N2O2S/c1-24-17-9-7-16(8-10-17)19(22-11-3-2-4-12-22)15-21-20(23)14-18-6-5-13-25-18/h5-10,13,19H,2-4,11-12,14-15H2,1H3,(H,21,23)/p+1/t19-/m1/s1. The van der Waals surface area contributed by atoms with Gasteiger partial charge in [-0.05, 0) is 55.0 Å². The summed E-state index contributed by atoms with van der Waals surface area (Å²) in [5.74, 6) is 0.982. The Kier molecular flexibility index (Phi) is 6.48. The highest BCUT2D eigenvalue weighted by atomic mass is 32.1. The predicted octanol–water partition coefficient (Wildman–Crippen LogP) is 2.23. The van der Waals surface area contributed by atoms with Crippen LogP contribution in [0.5, 0.6) is 5.75 Å². The fourth-order valence-electron chi connectivity index (χ4n) is 3.54. The number of nitrogens with one attached hydrogen (secondary N) is 2. The van der Waals surface area contributed by atoms with Crippen molar-refractivity contribution in [1.82, 2.24) is 5.32 Å². The van der Waals surface area contributed by atoms with Crippen molar-refractivity contribution in [3.05, 3.63) is 52.2 Å². The molecule has 4 nitrogen and oxygen atoms in total. The minimum Gasteiger partial charge on any atom is -0.497 e. The molecule has 134 valence electrons. The highest BCUT2D eigenvalue weighted by molar-refractivity contribution is 7.10. The van der Waals surface area contributed by atoms with Gasteiger partial charge >= 0.3 is 0 Å². The number of carbonyl (C=O) groups excluding carboxylic acids is 1. The summed E-state index contributed by atoms with van der Waals surface area (Å²) in [6.07, 6.45) is 4.34. The molecule has 0 unspecified atom stereocenters. The van der Waals surface area contributed by atoms with E-state index in [1.165, 1.54) is 37.9 Å². The molecule has 1 aromatic carbocycles. The number of hydrogen-bond acceptors (Lipinski definition) is 3. The van der Waals surface area contributed by atoms with Crippen molar-refractivity contribution in [3.63, 3.8) is 0 Å². The number of benzene rings is 1. The first kappa shape index (κ1) is 18.0. The summed E-state index contributed by atoms with van der Waals surface area (Å²) in [6.45, 7) is 3.04. The number of methoxy groups -OCH3 is 1. The number of hydrogen-bond donors (Lipinski definition) is 2. The summed E-state index contributed by atoms with van der Waals surface area (Å²) in [6, 6.07) is 12.6. The number of thiophene rings is 1. The normalized spacial score (nSPS) is 16.4. The van der Waals surface area contributed by atoms with Gasteiger partial charge in [-0.2, -0.15) is 0 Å². The molecule has 0 aliphatic carbocycles.